The second-order valence-corrected chi connectivity index (χ2v) is 5.47. The van der Waals surface area contributed by atoms with E-state index in [0.29, 0.717) is 17.6 Å². The summed E-state index contributed by atoms with van der Waals surface area (Å²) in [7, 11) is 0. The normalized spacial score (nSPS) is 20.9. The molecule has 0 spiro atoms. The molecule has 1 aromatic carbocycles. The van der Waals surface area contributed by atoms with Gasteiger partial charge in [0.15, 0.2) is 10.8 Å². The summed E-state index contributed by atoms with van der Waals surface area (Å²) < 4.78 is 1.82. The monoisotopic (exact) mass is 301 g/mol. The van der Waals surface area contributed by atoms with Crippen molar-refractivity contribution in [2.75, 3.05) is 5.73 Å². The van der Waals surface area contributed by atoms with Crippen molar-refractivity contribution in [2.45, 2.75) is 18.6 Å². The van der Waals surface area contributed by atoms with E-state index in [9.17, 15) is 5.11 Å². The zero-order valence-electron chi connectivity index (χ0n) is 10.9. The standard InChI is InChI=1S/C14H12ClN5O/c15-12-10-13(19-14(16)18-12)20(6-17-10)11-8-4-2-1-3-7(8)5-9(11)21/h1-4,6,9,11,21H,5H2,(H2,16,18,19)/t9-,11+/m1/s1. The van der Waals surface area contributed by atoms with Gasteiger partial charge < -0.3 is 15.4 Å². The largest absolute Gasteiger partial charge is 0.390 e. The molecule has 2 heterocycles. The van der Waals surface area contributed by atoms with Crippen LogP contribution in [0.1, 0.15) is 17.2 Å². The number of anilines is 1. The summed E-state index contributed by atoms with van der Waals surface area (Å²) in [6, 6.07) is 7.72. The topological polar surface area (TPSA) is 89.8 Å². The molecule has 0 fully saturated rings. The van der Waals surface area contributed by atoms with Gasteiger partial charge in [-0.1, -0.05) is 35.9 Å². The van der Waals surface area contributed by atoms with E-state index in [4.69, 9.17) is 17.3 Å². The van der Waals surface area contributed by atoms with E-state index in [1.165, 1.54) is 0 Å². The number of nitrogens with two attached hydrogens (primary N) is 1. The van der Waals surface area contributed by atoms with Gasteiger partial charge in [-0.15, -0.1) is 0 Å². The lowest BCUT2D eigenvalue weighted by atomic mass is 10.1. The second kappa shape index (κ2) is 4.41. The Balaban J connectivity index is 1.95. The zero-order valence-corrected chi connectivity index (χ0v) is 11.7. The van der Waals surface area contributed by atoms with Gasteiger partial charge >= 0.3 is 0 Å². The number of rotatable bonds is 1. The molecule has 21 heavy (non-hydrogen) atoms. The van der Waals surface area contributed by atoms with E-state index in [2.05, 4.69) is 15.0 Å². The highest BCUT2D eigenvalue weighted by molar-refractivity contribution is 6.33. The minimum Gasteiger partial charge on any atom is -0.390 e. The minimum atomic E-state index is -0.533. The van der Waals surface area contributed by atoms with Gasteiger partial charge in [-0.2, -0.15) is 9.97 Å². The molecule has 6 nitrogen and oxygen atoms in total. The summed E-state index contributed by atoms with van der Waals surface area (Å²) >= 11 is 6.05. The third-order valence-corrected chi connectivity index (χ3v) is 4.13. The van der Waals surface area contributed by atoms with Crippen molar-refractivity contribution in [3.63, 3.8) is 0 Å². The number of aliphatic hydroxyl groups excluding tert-OH is 1. The summed E-state index contributed by atoms with van der Waals surface area (Å²) in [5.74, 6) is 0.0926. The van der Waals surface area contributed by atoms with E-state index in [1.54, 1.807) is 6.33 Å². The Morgan fingerprint density at radius 1 is 1.29 bits per heavy atom. The smallest absolute Gasteiger partial charge is 0.223 e. The van der Waals surface area contributed by atoms with Crippen molar-refractivity contribution in [2.24, 2.45) is 0 Å². The average Bonchev–Trinajstić information content (AvgIpc) is 2.98. The van der Waals surface area contributed by atoms with Crippen molar-refractivity contribution >= 4 is 28.7 Å². The van der Waals surface area contributed by atoms with Gasteiger partial charge in [0.2, 0.25) is 5.95 Å². The van der Waals surface area contributed by atoms with E-state index in [0.717, 1.165) is 11.1 Å². The predicted molar refractivity (Wildman–Crippen MR) is 79.0 cm³/mol. The van der Waals surface area contributed by atoms with Gasteiger partial charge in [-0.3, -0.25) is 0 Å². The van der Waals surface area contributed by atoms with E-state index < -0.39 is 6.10 Å². The minimum absolute atomic E-state index is 0.0926. The van der Waals surface area contributed by atoms with E-state index in [1.807, 2.05) is 28.8 Å². The zero-order chi connectivity index (χ0) is 14.6. The number of imidazole rings is 1. The van der Waals surface area contributed by atoms with E-state index >= 15 is 0 Å². The Labute approximate surface area is 125 Å². The highest BCUT2D eigenvalue weighted by Crippen LogP contribution is 2.36. The maximum atomic E-state index is 10.4. The van der Waals surface area contributed by atoms with Gasteiger partial charge in [0.05, 0.1) is 18.5 Å². The highest BCUT2D eigenvalue weighted by atomic mass is 35.5. The fourth-order valence-electron chi connectivity index (χ4n) is 2.99. The summed E-state index contributed by atoms with van der Waals surface area (Å²) in [6.07, 6.45) is 1.70. The summed E-state index contributed by atoms with van der Waals surface area (Å²) in [5.41, 5.74) is 8.89. The number of benzene rings is 1. The second-order valence-electron chi connectivity index (χ2n) is 5.11. The molecule has 4 rings (SSSR count). The maximum absolute atomic E-state index is 10.4. The Morgan fingerprint density at radius 2 is 2.10 bits per heavy atom. The Hall–Kier alpha value is -2.18. The molecule has 0 unspecified atom stereocenters. The van der Waals surface area contributed by atoms with Crippen LogP contribution in [0.3, 0.4) is 0 Å². The molecular formula is C14H12ClN5O. The number of hydrogen-bond donors (Lipinski definition) is 2. The molecule has 0 amide bonds. The van der Waals surface area contributed by atoms with Crippen molar-refractivity contribution in [3.8, 4) is 0 Å². The Bertz CT molecular complexity index is 846. The third kappa shape index (κ3) is 1.80. The molecule has 3 aromatic rings. The van der Waals surface area contributed by atoms with Crippen LogP contribution in [0.5, 0.6) is 0 Å². The van der Waals surface area contributed by atoms with Crippen molar-refractivity contribution < 1.29 is 5.11 Å². The quantitative estimate of drug-likeness (QED) is 0.666. The Morgan fingerprint density at radius 3 is 2.95 bits per heavy atom. The molecule has 1 aliphatic carbocycles. The van der Waals surface area contributed by atoms with Gasteiger partial charge in [-0.25, -0.2) is 4.98 Å². The van der Waals surface area contributed by atoms with Crippen LogP contribution in [0.15, 0.2) is 30.6 Å². The molecule has 0 saturated heterocycles. The van der Waals surface area contributed by atoms with Gasteiger partial charge in [0.1, 0.15) is 5.52 Å². The number of nitrogen functional groups attached to an aromatic ring is 1. The van der Waals surface area contributed by atoms with Crippen molar-refractivity contribution in [1.29, 1.82) is 0 Å². The molecule has 0 aliphatic heterocycles. The average molecular weight is 302 g/mol. The predicted octanol–water partition coefficient (Wildman–Crippen LogP) is 1.57. The summed E-state index contributed by atoms with van der Waals surface area (Å²) in [4.78, 5) is 12.4. The first-order valence-electron chi connectivity index (χ1n) is 6.56. The third-order valence-electron chi connectivity index (χ3n) is 3.86. The number of aromatic nitrogens is 4. The van der Waals surface area contributed by atoms with Crippen molar-refractivity contribution in [1.82, 2.24) is 19.5 Å². The van der Waals surface area contributed by atoms with E-state index in [-0.39, 0.29) is 17.1 Å². The van der Waals surface area contributed by atoms with Crippen molar-refractivity contribution in [3.05, 3.63) is 46.9 Å². The number of halogens is 1. The number of nitrogens with zero attached hydrogens (tertiary/aromatic N) is 4. The fraction of sp³-hybridized carbons (Fsp3) is 0.214. The number of hydrogen-bond acceptors (Lipinski definition) is 5. The van der Waals surface area contributed by atoms with Crippen LogP contribution < -0.4 is 5.73 Å². The SMILES string of the molecule is Nc1nc(Cl)c2ncn([C@H]3c4ccccc4C[C@H]3O)c2n1. The number of aliphatic hydroxyl groups is 1. The maximum Gasteiger partial charge on any atom is 0.223 e. The lowest BCUT2D eigenvalue weighted by molar-refractivity contribution is 0.145. The van der Waals surface area contributed by atoms with Crippen LogP contribution in [-0.2, 0) is 6.42 Å². The molecule has 3 N–H and O–H groups in total. The number of fused-ring (bicyclic) bond motifs is 2. The fourth-order valence-corrected chi connectivity index (χ4v) is 3.21. The lowest BCUT2D eigenvalue weighted by Crippen LogP contribution is -2.20. The molecule has 7 heteroatoms. The van der Waals surface area contributed by atoms with Gasteiger partial charge in [-0.05, 0) is 11.1 Å². The summed E-state index contributed by atoms with van der Waals surface area (Å²) in [6.45, 7) is 0. The Kier molecular flexibility index (Phi) is 2.63. The summed E-state index contributed by atoms with van der Waals surface area (Å²) in [5, 5.41) is 10.6. The van der Waals surface area contributed by atoms with Crippen LogP contribution in [0, 0.1) is 0 Å². The van der Waals surface area contributed by atoms with Crippen LogP contribution in [0.25, 0.3) is 11.2 Å². The molecule has 2 aromatic heterocycles. The molecule has 0 bridgehead atoms. The van der Waals surface area contributed by atoms with Crippen LogP contribution >= 0.6 is 11.6 Å². The van der Waals surface area contributed by atoms with Gasteiger partial charge in [0, 0.05) is 6.42 Å². The van der Waals surface area contributed by atoms with Crippen LogP contribution in [0.4, 0.5) is 5.95 Å². The molecular weight excluding hydrogens is 290 g/mol. The first-order chi connectivity index (χ1) is 10.1. The molecule has 0 saturated carbocycles. The molecule has 106 valence electrons. The van der Waals surface area contributed by atoms with Gasteiger partial charge in [0.25, 0.3) is 0 Å². The molecule has 1 aliphatic rings. The van der Waals surface area contributed by atoms with Crippen LogP contribution in [0.2, 0.25) is 5.15 Å². The molecule has 0 radical (unpaired) electrons. The van der Waals surface area contributed by atoms with Crippen LogP contribution in [-0.4, -0.2) is 30.7 Å². The first-order valence-corrected chi connectivity index (χ1v) is 6.94. The molecule has 2 atom stereocenters. The first kappa shape index (κ1) is 12.6. The lowest BCUT2D eigenvalue weighted by Gasteiger charge is -2.18. The highest BCUT2D eigenvalue weighted by Gasteiger charge is 2.33.